The lowest BCUT2D eigenvalue weighted by Crippen LogP contribution is -2.51. The minimum absolute atomic E-state index is 0.0362. The number of rotatable bonds is 8. The molecule has 0 radical (unpaired) electrons. The van der Waals surface area contributed by atoms with Crippen molar-refractivity contribution >= 4 is 17.9 Å². The average Bonchev–Trinajstić information content (AvgIpc) is 2.72. The van der Waals surface area contributed by atoms with Gasteiger partial charge in [-0.2, -0.15) is 0 Å². The maximum atomic E-state index is 12.4. The highest BCUT2D eigenvalue weighted by Crippen LogP contribution is 2.28. The van der Waals surface area contributed by atoms with Crippen molar-refractivity contribution in [3.05, 3.63) is 47.5 Å². The summed E-state index contributed by atoms with van der Waals surface area (Å²) in [6, 6.07) is 5.96. The van der Waals surface area contributed by atoms with Gasteiger partial charge >= 0.3 is 6.09 Å². The molecule has 0 bridgehead atoms. The second kappa shape index (κ2) is 10.2. The number of aromatic hydroxyl groups is 3. The zero-order valence-corrected chi connectivity index (χ0v) is 16.7. The molecule has 0 aromatic heterocycles. The van der Waals surface area contributed by atoms with Crippen LogP contribution in [0.15, 0.2) is 36.4 Å². The zero-order valence-electron chi connectivity index (χ0n) is 16.7. The van der Waals surface area contributed by atoms with Gasteiger partial charge in [-0.15, -0.1) is 0 Å². The van der Waals surface area contributed by atoms with E-state index in [1.807, 2.05) is 0 Å². The SMILES string of the molecule is CNC(=O)Oc1cc(C[C@H](NC(=O)[C@H](N)Cc2ccc(O)c(O)c2)C(N)=O)ccc1O. The van der Waals surface area contributed by atoms with Crippen molar-refractivity contribution in [2.24, 2.45) is 11.5 Å². The van der Waals surface area contributed by atoms with E-state index in [0.717, 1.165) is 0 Å². The number of phenolic OH excluding ortho intramolecular Hbond substituents is 3. The summed E-state index contributed by atoms with van der Waals surface area (Å²) in [5.74, 6) is -2.53. The number of ether oxygens (including phenoxy) is 1. The fraction of sp³-hybridized carbons (Fsp3) is 0.250. The van der Waals surface area contributed by atoms with Gasteiger partial charge in [0.2, 0.25) is 11.8 Å². The Morgan fingerprint density at radius 2 is 1.58 bits per heavy atom. The molecule has 11 nitrogen and oxygen atoms in total. The van der Waals surface area contributed by atoms with Crippen molar-refractivity contribution in [3.8, 4) is 23.0 Å². The number of hydrogen-bond acceptors (Lipinski definition) is 8. The van der Waals surface area contributed by atoms with Gasteiger partial charge < -0.3 is 42.2 Å². The van der Waals surface area contributed by atoms with Crippen LogP contribution in [0.1, 0.15) is 11.1 Å². The molecular formula is C20H24N4O7. The molecule has 0 fully saturated rings. The molecule has 0 spiro atoms. The largest absolute Gasteiger partial charge is 0.504 e. The zero-order chi connectivity index (χ0) is 23.1. The fourth-order valence-corrected chi connectivity index (χ4v) is 2.70. The molecule has 9 N–H and O–H groups in total. The summed E-state index contributed by atoms with van der Waals surface area (Å²) >= 11 is 0. The lowest BCUT2D eigenvalue weighted by atomic mass is 10.0. The van der Waals surface area contributed by atoms with E-state index < -0.39 is 30.0 Å². The smallest absolute Gasteiger partial charge is 0.412 e. The van der Waals surface area contributed by atoms with Crippen LogP contribution in [0.5, 0.6) is 23.0 Å². The number of carbonyl (C=O) groups is 3. The molecule has 2 aromatic carbocycles. The third kappa shape index (κ3) is 6.51. The van der Waals surface area contributed by atoms with Gasteiger partial charge in [-0.1, -0.05) is 12.1 Å². The van der Waals surface area contributed by atoms with Crippen molar-refractivity contribution in [3.63, 3.8) is 0 Å². The topological polar surface area (TPSA) is 197 Å². The van der Waals surface area contributed by atoms with Crippen LogP contribution in [-0.4, -0.2) is 52.4 Å². The number of benzene rings is 2. The molecule has 166 valence electrons. The highest BCUT2D eigenvalue weighted by molar-refractivity contribution is 5.89. The minimum atomic E-state index is -1.12. The average molecular weight is 432 g/mol. The van der Waals surface area contributed by atoms with Gasteiger partial charge in [0.1, 0.15) is 6.04 Å². The molecule has 0 aliphatic rings. The normalized spacial score (nSPS) is 12.5. The molecule has 0 heterocycles. The monoisotopic (exact) mass is 432 g/mol. The van der Waals surface area contributed by atoms with Crippen LogP contribution < -0.4 is 26.8 Å². The Bertz CT molecular complexity index is 980. The van der Waals surface area contributed by atoms with E-state index in [0.29, 0.717) is 11.1 Å². The number of amides is 3. The van der Waals surface area contributed by atoms with E-state index >= 15 is 0 Å². The van der Waals surface area contributed by atoms with Crippen LogP contribution in [0.3, 0.4) is 0 Å². The summed E-state index contributed by atoms with van der Waals surface area (Å²) in [6.45, 7) is 0. The lowest BCUT2D eigenvalue weighted by molar-refractivity contribution is -0.128. The van der Waals surface area contributed by atoms with Gasteiger partial charge in [-0.25, -0.2) is 4.79 Å². The number of nitrogens with two attached hydrogens (primary N) is 2. The Hall–Kier alpha value is -3.99. The number of hydrogen-bond donors (Lipinski definition) is 7. The molecule has 0 unspecified atom stereocenters. The maximum absolute atomic E-state index is 12.4. The molecule has 3 amide bonds. The first-order valence-corrected chi connectivity index (χ1v) is 9.18. The Kier molecular flexibility index (Phi) is 7.64. The number of carbonyl (C=O) groups excluding carboxylic acids is 3. The molecule has 0 saturated heterocycles. The molecule has 0 aliphatic heterocycles. The molecule has 11 heteroatoms. The standard InChI is InChI=1S/C20H24N4O7/c1-23-20(30)31-17-9-11(3-5-15(17)26)7-13(18(22)28)24-19(29)12(21)6-10-2-4-14(25)16(27)8-10/h2-5,8-9,12-13,25-27H,6-7,21H2,1H3,(H2,22,28)(H,23,30)(H,24,29)/t12-,13+/m1/s1. The van der Waals surface area contributed by atoms with Crippen LogP contribution in [0.4, 0.5) is 4.79 Å². The lowest BCUT2D eigenvalue weighted by Gasteiger charge is -2.19. The van der Waals surface area contributed by atoms with Crippen LogP contribution >= 0.6 is 0 Å². The van der Waals surface area contributed by atoms with Gasteiger partial charge in [-0.3, -0.25) is 9.59 Å². The van der Waals surface area contributed by atoms with Gasteiger partial charge in [0.15, 0.2) is 23.0 Å². The summed E-state index contributed by atoms with van der Waals surface area (Å²) in [6.07, 6.45) is -0.800. The summed E-state index contributed by atoms with van der Waals surface area (Å²) in [5, 5.41) is 33.4. The first-order chi connectivity index (χ1) is 14.6. The number of primary amides is 1. The quantitative estimate of drug-likeness (QED) is 0.273. The first kappa shape index (κ1) is 23.3. The van der Waals surface area contributed by atoms with Crippen LogP contribution in [-0.2, 0) is 22.4 Å². The van der Waals surface area contributed by atoms with Crippen molar-refractivity contribution < 1.29 is 34.4 Å². The van der Waals surface area contributed by atoms with Crippen LogP contribution in [0, 0.1) is 0 Å². The van der Waals surface area contributed by atoms with Crippen molar-refractivity contribution in [1.82, 2.24) is 10.6 Å². The Morgan fingerprint density at radius 1 is 0.968 bits per heavy atom. The Labute approximate surface area is 177 Å². The molecule has 2 rings (SSSR count). The van der Waals surface area contributed by atoms with Crippen molar-refractivity contribution in [1.29, 1.82) is 0 Å². The van der Waals surface area contributed by atoms with E-state index in [1.54, 1.807) is 0 Å². The Morgan fingerprint density at radius 3 is 2.16 bits per heavy atom. The van der Waals surface area contributed by atoms with Gasteiger partial charge in [-0.05, 0) is 41.8 Å². The minimum Gasteiger partial charge on any atom is -0.504 e. The predicted molar refractivity (Wildman–Crippen MR) is 109 cm³/mol. The molecule has 2 aromatic rings. The van der Waals surface area contributed by atoms with Crippen LogP contribution in [0.25, 0.3) is 0 Å². The van der Waals surface area contributed by atoms with E-state index in [4.69, 9.17) is 16.2 Å². The Balaban J connectivity index is 2.07. The number of phenols is 3. The number of nitrogens with one attached hydrogen (secondary N) is 2. The highest BCUT2D eigenvalue weighted by atomic mass is 16.6. The van der Waals surface area contributed by atoms with E-state index in [1.165, 1.54) is 43.4 Å². The van der Waals surface area contributed by atoms with E-state index in [2.05, 4.69) is 10.6 Å². The van der Waals surface area contributed by atoms with E-state index in [-0.39, 0.29) is 35.8 Å². The van der Waals surface area contributed by atoms with Gasteiger partial charge in [0.25, 0.3) is 0 Å². The molecule has 2 atom stereocenters. The molecule has 31 heavy (non-hydrogen) atoms. The summed E-state index contributed by atoms with van der Waals surface area (Å²) in [4.78, 5) is 35.6. The van der Waals surface area contributed by atoms with E-state index in [9.17, 15) is 29.7 Å². The molecular weight excluding hydrogens is 408 g/mol. The summed E-state index contributed by atoms with van der Waals surface area (Å²) in [7, 11) is 1.35. The fourth-order valence-electron chi connectivity index (χ4n) is 2.70. The molecule has 0 aliphatic carbocycles. The summed E-state index contributed by atoms with van der Waals surface area (Å²) < 4.78 is 4.92. The van der Waals surface area contributed by atoms with Crippen molar-refractivity contribution in [2.45, 2.75) is 24.9 Å². The van der Waals surface area contributed by atoms with Gasteiger partial charge in [0.05, 0.1) is 6.04 Å². The third-order valence-corrected chi connectivity index (χ3v) is 4.36. The second-order valence-electron chi connectivity index (χ2n) is 6.74. The third-order valence-electron chi connectivity index (χ3n) is 4.36. The first-order valence-electron chi connectivity index (χ1n) is 9.18. The molecule has 0 saturated carbocycles. The van der Waals surface area contributed by atoms with Crippen molar-refractivity contribution in [2.75, 3.05) is 7.05 Å². The van der Waals surface area contributed by atoms with Gasteiger partial charge in [0, 0.05) is 13.5 Å². The second-order valence-corrected chi connectivity index (χ2v) is 6.74. The predicted octanol–water partition coefficient (Wildman–Crippen LogP) is -0.396. The maximum Gasteiger partial charge on any atom is 0.412 e. The highest BCUT2D eigenvalue weighted by Gasteiger charge is 2.23. The summed E-state index contributed by atoms with van der Waals surface area (Å²) in [5.41, 5.74) is 12.2. The van der Waals surface area contributed by atoms with Crippen LogP contribution in [0.2, 0.25) is 0 Å².